The third-order valence-corrected chi connectivity index (χ3v) is 7.30. The third kappa shape index (κ3) is 14.9. The quantitative estimate of drug-likeness (QED) is 0.234. The van der Waals surface area contributed by atoms with E-state index in [9.17, 15) is 9.59 Å². The van der Waals surface area contributed by atoms with Gasteiger partial charge in [0.2, 0.25) is 5.95 Å². The van der Waals surface area contributed by atoms with Crippen LogP contribution < -0.4 is 16.2 Å². The first-order valence-corrected chi connectivity index (χ1v) is 16.3. The molecule has 2 atom stereocenters. The van der Waals surface area contributed by atoms with Crippen LogP contribution in [-0.4, -0.2) is 60.5 Å². The standard InChI is InChI=1S/C23H29N3O2.C8H17N.C3H9N.C2H6.H2S/c1-6-9-12-18(15-27)24-23-25-21(16(4)5)20(8-3)22(28)26(23)19-13-10-11-17(7-2)14-19;1-3-8-5-4-6-9(2)7-8;1-3-4-2;1-2;/h8,10-11,13-15,18H,3-4,6-7,9,12H2,1-2,5H3,(H,24,25);8H,3-7H2,1-2H3;4H,3H2,1-2H3;1-2H3;1H2. The van der Waals surface area contributed by atoms with Gasteiger partial charge in [0, 0.05) is 6.54 Å². The van der Waals surface area contributed by atoms with Gasteiger partial charge >= 0.3 is 0 Å². The van der Waals surface area contributed by atoms with Gasteiger partial charge in [0.1, 0.15) is 6.29 Å². The first-order chi connectivity index (χ1) is 20.7. The van der Waals surface area contributed by atoms with E-state index in [2.05, 4.69) is 68.4 Å². The molecular weight excluding hydrogens is 566 g/mol. The highest BCUT2D eigenvalue weighted by Crippen LogP contribution is 2.21. The lowest BCUT2D eigenvalue weighted by molar-refractivity contribution is -0.108. The second-order valence-electron chi connectivity index (χ2n) is 10.8. The SMILES string of the molecule is C=Cc1c(C(=C)C)nc(NC(C=O)CCCC)n(-c2cccc(CC)c2)c1=O.CC.CCC1CCCN(C)C1.CCNC.S. The van der Waals surface area contributed by atoms with Crippen molar-refractivity contribution in [3.63, 3.8) is 0 Å². The highest BCUT2D eigenvalue weighted by atomic mass is 32.1. The summed E-state index contributed by atoms with van der Waals surface area (Å²) in [5, 5.41) is 6.09. The summed E-state index contributed by atoms with van der Waals surface area (Å²) < 4.78 is 1.52. The summed E-state index contributed by atoms with van der Waals surface area (Å²) in [6.45, 7) is 25.7. The molecule has 2 N–H and O–H groups in total. The number of aryl methyl sites for hydroxylation is 1. The minimum atomic E-state index is -0.417. The molecular formula is C36H63N5O2S. The maximum absolute atomic E-state index is 13.3. The van der Waals surface area contributed by atoms with E-state index in [0.29, 0.717) is 34.9 Å². The molecule has 1 aromatic heterocycles. The van der Waals surface area contributed by atoms with Crippen LogP contribution in [0.3, 0.4) is 0 Å². The molecule has 2 unspecified atom stereocenters. The van der Waals surface area contributed by atoms with Crippen LogP contribution in [0, 0.1) is 5.92 Å². The van der Waals surface area contributed by atoms with Crippen molar-refractivity contribution in [3.8, 4) is 5.69 Å². The van der Waals surface area contributed by atoms with E-state index < -0.39 is 6.04 Å². The molecule has 0 radical (unpaired) electrons. The predicted octanol–water partition coefficient (Wildman–Crippen LogP) is 7.74. The minimum Gasteiger partial charge on any atom is -0.346 e. The van der Waals surface area contributed by atoms with Crippen LogP contribution in [0.25, 0.3) is 17.3 Å². The number of carbonyl (C=O) groups is 1. The molecule has 0 saturated carbocycles. The molecule has 1 aliphatic rings. The van der Waals surface area contributed by atoms with E-state index in [0.717, 1.165) is 43.6 Å². The van der Waals surface area contributed by atoms with Gasteiger partial charge in [-0.3, -0.25) is 4.79 Å². The van der Waals surface area contributed by atoms with Crippen molar-refractivity contribution >= 4 is 37.4 Å². The molecule has 0 spiro atoms. The number of likely N-dealkylation sites (tertiary alicyclic amines) is 1. The van der Waals surface area contributed by atoms with E-state index in [4.69, 9.17) is 0 Å². The lowest BCUT2D eigenvalue weighted by Gasteiger charge is -2.28. The van der Waals surface area contributed by atoms with Crippen molar-refractivity contribution < 1.29 is 4.79 Å². The lowest BCUT2D eigenvalue weighted by atomic mass is 9.96. The van der Waals surface area contributed by atoms with Crippen molar-refractivity contribution in [1.29, 1.82) is 0 Å². The number of allylic oxidation sites excluding steroid dienone is 1. The summed E-state index contributed by atoms with van der Waals surface area (Å²) in [6.07, 6.45) is 10.0. The number of hydrogen-bond acceptors (Lipinski definition) is 6. The van der Waals surface area contributed by atoms with Gasteiger partial charge in [0.25, 0.3) is 5.56 Å². The lowest BCUT2D eigenvalue weighted by Crippen LogP contribution is -2.31. The number of unbranched alkanes of at least 4 members (excludes halogenated alkanes) is 1. The summed E-state index contributed by atoms with van der Waals surface area (Å²) in [4.78, 5) is 32.0. The predicted molar refractivity (Wildman–Crippen MR) is 199 cm³/mol. The van der Waals surface area contributed by atoms with E-state index in [-0.39, 0.29) is 19.1 Å². The van der Waals surface area contributed by atoms with Gasteiger partial charge in [0.15, 0.2) is 0 Å². The van der Waals surface area contributed by atoms with Crippen LogP contribution in [-0.2, 0) is 11.2 Å². The molecule has 0 amide bonds. The molecule has 1 fully saturated rings. The second kappa shape index (κ2) is 25.6. The smallest absolute Gasteiger partial charge is 0.267 e. The van der Waals surface area contributed by atoms with Crippen molar-refractivity contribution in [2.75, 3.05) is 39.0 Å². The van der Waals surface area contributed by atoms with Crippen molar-refractivity contribution in [2.45, 2.75) is 99.5 Å². The van der Waals surface area contributed by atoms with Gasteiger partial charge in [-0.2, -0.15) is 13.5 Å². The Labute approximate surface area is 276 Å². The molecule has 1 aliphatic heterocycles. The summed E-state index contributed by atoms with van der Waals surface area (Å²) in [5.41, 5.74) is 3.13. The number of hydrogen-bond donors (Lipinski definition) is 2. The van der Waals surface area contributed by atoms with E-state index in [1.165, 1.54) is 43.0 Å². The molecule has 2 aromatic rings. The largest absolute Gasteiger partial charge is 0.346 e. The molecule has 7 nitrogen and oxygen atoms in total. The number of nitrogens with one attached hydrogen (secondary N) is 2. The molecule has 250 valence electrons. The Bertz CT molecular complexity index is 1150. The van der Waals surface area contributed by atoms with Crippen LogP contribution >= 0.6 is 13.5 Å². The Hall–Kier alpha value is -2.68. The first-order valence-electron chi connectivity index (χ1n) is 16.3. The number of rotatable bonds is 12. The Morgan fingerprint density at radius 1 is 1.20 bits per heavy atom. The number of piperidine rings is 1. The Morgan fingerprint density at radius 3 is 2.32 bits per heavy atom. The zero-order valence-corrected chi connectivity index (χ0v) is 30.3. The molecule has 1 saturated heterocycles. The first kappa shape index (κ1) is 43.4. The van der Waals surface area contributed by atoms with Gasteiger partial charge in [-0.25, -0.2) is 9.55 Å². The summed E-state index contributed by atoms with van der Waals surface area (Å²) in [7, 11) is 4.15. The fourth-order valence-electron chi connectivity index (χ4n) is 4.67. The topological polar surface area (TPSA) is 79.3 Å². The highest BCUT2D eigenvalue weighted by Gasteiger charge is 2.19. The van der Waals surface area contributed by atoms with Crippen LogP contribution in [0.4, 0.5) is 5.95 Å². The van der Waals surface area contributed by atoms with E-state index in [1.807, 2.05) is 45.2 Å². The number of benzene rings is 1. The maximum Gasteiger partial charge on any atom is 0.267 e. The van der Waals surface area contributed by atoms with E-state index in [1.54, 1.807) is 6.92 Å². The normalized spacial score (nSPS) is 14.5. The third-order valence-electron chi connectivity index (χ3n) is 7.30. The summed E-state index contributed by atoms with van der Waals surface area (Å²) >= 11 is 0. The zero-order chi connectivity index (χ0) is 32.8. The van der Waals surface area contributed by atoms with Crippen LogP contribution in [0.1, 0.15) is 104 Å². The summed E-state index contributed by atoms with van der Waals surface area (Å²) in [6, 6.07) is 7.34. The fraction of sp³-hybridized carbons (Fsp3) is 0.583. The molecule has 1 aromatic carbocycles. The highest BCUT2D eigenvalue weighted by molar-refractivity contribution is 7.59. The molecule has 0 bridgehead atoms. The average Bonchev–Trinajstić information content (AvgIpc) is 3.04. The molecule has 2 heterocycles. The Morgan fingerprint density at radius 2 is 1.86 bits per heavy atom. The van der Waals surface area contributed by atoms with Gasteiger partial charge in [-0.15, -0.1) is 0 Å². The second-order valence-corrected chi connectivity index (χ2v) is 10.8. The number of nitrogens with zero attached hydrogens (tertiary/aromatic N) is 3. The van der Waals surface area contributed by atoms with Gasteiger partial charge in [0.05, 0.1) is 23.0 Å². The number of carbonyl (C=O) groups excluding carboxylic acids is 1. The van der Waals surface area contributed by atoms with Crippen molar-refractivity contribution in [2.24, 2.45) is 5.92 Å². The van der Waals surface area contributed by atoms with Gasteiger partial charge in [-0.05, 0) is 89.0 Å². The number of aldehydes is 1. The van der Waals surface area contributed by atoms with Crippen LogP contribution in [0.2, 0.25) is 0 Å². The Balaban J connectivity index is 0. The molecule has 8 heteroatoms. The average molecular weight is 630 g/mol. The number of anilines is 1. The fourth-order valence-corrected chi connectivity index (χ4v) is 4.67. The summed E-state index contributed by atoms with van der Waals surface area (Å²) in [5.74, 6) is 1.33. The van der Waals surface area contributed by atoms with Gasteiger partial charge < -0.3 is 20.3 Å². The molecule has 0 aliphatic carbocycles. The number of aromatic nitrogens is 2. The molecule has 44 heavy (non-hydrogen) atoms. The maximum atomic E-state index is 13.3. The van der Waals surface area contributed by atoms with Crippen LogP contribution in [0.15, 0.2) is 42.2 Å². The van der Waals surface area contributed by atoms with Crippen molar-refractivity contribution in [3.05, 3.63) is 64.6 Å². The molecule has 3 rings (SSSR count). The Kier molecular flexibility index (Phi) is 25.3. The van der Waals surface area contributed by atoms with Crippen molar-refractivity contribution in [1.82, 2.24) is 19.8 Å². The van der Waals surface area contributed by atoms with Crippen LogP contribution in [0.5, 0.6) is 0 Å². The zero-order valence-electron chi connectivity index (χ0n) is 29.3. The van der Waals surface area contributed by atoms with Gasteiger partial charge in [-0.1, -0.05) is 92.2 Å². The van der Waals surface area contributed by atoms with E-state index >= 15 is 0 Å². The minimum absolute atomic E-state index is 0. The monoisotopic (exact) mass is 629 g/mol.